The number of aliphatic hydroxyl groups is 1. The van der Waals surface area contributed by atoms with Gasteiger partial charge in [0.2, 0.25) is 0 Å². The molecule has 1 heterocycles. The van der Waals surface area contributed by atoms with E-state index in [2.05, 4.69) is 39.3 Å². The van der Waals surface area contributed by atoms with Crippen molar-refractivity contribution in [2.45, 2.75) is 25.1 Å². The van der Waals surface area contributed by atoms with Gasteiger partial charge in [-0.3, -0.25) is 0 Å². The number of hydrogen-bond donors (Lipinski definition) is 2. The maximum atomic E-state index is 9.51. The molecule has 0 radical (unpaired) electrons. The van der Waals surface area contributed by atoms with Gasteiger partial charge in [-0.1, -0.05) is 22.0 Å². The molecule has 0 spiro atoms. The van der Waals surface area contributed by atoms with E-state index in [4.69, 9.17) is 4.74 Å². The minimum atomic E-state index is -0.194. The maximum Gasteiger partial charge on any atom is 0.124 e. The molecule has 1 aromatic rings. The lowest BCUT2D eigenvalue weighted by Gasteiger charge is -2.22. The molecule has 2 N–H and O–H groups in total. The van der Waals surface area contributed by atoms with Gasteiger partial charge in [0, 0.05) is 35.7 Å². The number of aliphatic hydroxyl groups excluding tert-OH is 1. The molecular weight excluding hydrogens is 308 g/mol. The van der Waals surface area contributed by atoms with Gasteiger partial charge in [-0.25, -0.2) is 0 Å². The molecule has 0 unspecified atom stereocenters. The molecule has 2 atom stereocenters. The van der Waals surface area contributed by atoms with Crippen LogP contribution in [0.4, 0.5) is 0 Å². The zero-order valence-corrected chi connectivity index (χ0v) is 13.0. The molecule has 2 rings (SSSR count). The van der Waals surface area contributed by atoms with E-state index in [1.165, 1.54) is 5.56 Å². The van der Waals surface area contributed by atoms with Gasteiger partial charge in [0.05, 0.1) is 13.2 Å². The van der Waals surface area contributed by atoms with E-state index < -0.39 is 0 Å². The zero-order valence-electron chi connectivity index (χ0n) is 11.4. The van der Waals surface area contributed by atoms with Crippen LogP contribution >= 0.6 is 15.9 Å². The summed E-state index contributed by atoms with van der Waals surface area (Å²) in [7, 11) is 3.79. The van der Waals surface area contributed by atoms with Crippen LogP contribution in [0.1, 0.15) is 12.0 Å². The second-order valence-corrected chi connectivity index (χ2v) is 6.06. The van der Waals surface area contributed by atoms with Crippen LogP contribution in [0.2, 0.25) is 0 Å². The fraction of sp³-hybridized carbons (Fsp3) is 0.571. The Balaban J connectivity index is 1.93. The Morgan fingerprint density at radius 2 is 2.32 bits per heavy atom. The summed E-state index contributed by atoms with van der Waals surface area (Å²) in [5.41, 5.74) is 1.17. The fourth-order valence-electron chi connectivity index (χ4n) is 2.52. The molecule has 0 saturated carbocycles. The highest BCUT2D eigenvalue weighted by Gasteiger charge is 2.23. The van der Waals surface area contributed by atoms with Gasteiger partial charge in [-0.15, -0.1) is 0 Å². The minimum Gasteiger partial charge on any atom is -0.496 e. The summed E-state index contributed by atoms with van der Waals surface area (Å²) in [6, 6.07) is 6.47. The third-order valence-electron chi connectivity index (χ3n) is 3.42. The molecule has 1 aliphatic rings. The number of hydrogen-bond acceptors (Lipinski definition) is 4. The van der Waals surface area contributed by atoms with Crippen molar-refractivity contribution in [2.75, 3.05) is 27.2 Å². The number of β-amino-alcohol motifs (C(OH)–C–C–N with tert-alkyl or cyclic N) is 1. The molecule has 0 aromatic heterocycles. The summed E-state index contributed by atoms with van der Waals surface area (Å²) < 4.78 is 6.43. The summed E-state index contributed by atoms with van der Waals surface area (Å²) in [6.07, 6.45) is 0.641. The normalized spacial score (nSPS) is 23.0. The van der Waals surface area contributed by atoms with Crippen molar-refractivity contribution < 1.29 is 9.84 Å². The topological polar surface area (TPSA) is 44.7 Å². The summed E-state index contributed by atoms with van der Waals surface area (Å²) in [5, 5.41) is 12.8. The summed E-state index contributed by atoms with van der Waals surface area (Å²) in [6.45, 7) is 2.47. The van der Waals surface area contributed by atoms with E-state index >= 15 is 0 Å². The van der Waals surface area contributed by atoms with Crippen molar-refractivity contribution in [2.24, 2.45) is 0 Å². The van der Waals surface area contributed by atoms with Crippen LogP contribution in [0.25, 0.3) is 0 Å². The van der Waals surface area contributed by atoms with Crippen LogP contribution in [-0.2, 0) is 6.54 Å². The molecule has 0 bridgehead atoms. The molecule has 4 nitrogen and oxygen atoms in total. The van der Waals surface area contributed by atoms with Crippen molar-refractivity contribution >= 4 is 15.9 Å². The highest BCUT2D eigenvalue weighted by atomic mass is 79.9. The van der Waals surface area contributed by atoms with Crippen molar-refractivity contribution in [3.63, 3.8) is 0 Å². The SMILES string of the molecule is COc1cc(Br)ccc1CN(C)C[C@@H]1C[C@@H](O)CN1. The van der Waals surface area contributed by atoms with Gasteiger partial charge in [0.25, 0.3) is 0 Å². The van der Waals surface area contributed by atoms with Gasteiger partial charge in [-0.05, 0) is 25.6 Å². The first-order valence-electron chi connectivity index (χ1n) is 6.51. The molecule has 0 amide bonds. The van der Waals surface area contributed by atoms with Gasteiger partial charge in [-0.2, -0.15) is 0 Å². The smallest absolute Gasteiger partial charge is 0.124 e. The van der Waals surface area contributed by atoms with Crippen molar-refractivity contribution in [3.05, 3.63) is 28.2 Å². The molecular formula is C14H21BrN2O2. The lowest BCUT2D eigenvalue weighted by Crippen LogP contribution is -2.35. The molecule has 1 aliphatic heterocycles. The molecule has 106 valence electrons. The zero-order chi connectivity index (χ0) is 13.8. The monoisotopic (exact) mass is 328 g/mol. The van der Waals surface area contributed by atoms with E-state index in [1.807, 2.05) is 12.1 Å². The Bertz CT molecular complexity index is 428. The number of nitrogens with zero attached hydrogens (tertiary/aromatic N) is 1. The van der Waals surface area contributed by atoms with Crippen LogP contribution in [0, 0.1) is 0 Å². The molecule has 0 aliphatic carbocycles. The Morgan fingerprint density at radius 1 is 1.53 bits per heavy atom. The number of benzene rings is 1. The van der Waals surface area contributed by atoms with Crippen molar-refractivity contribution in [3.8, 4) is 5.75 Å². The van der Waals surface area contributed by atoms with Crippen LogP contribution in [-0.4, -0.2) is 49.4 Å². The van der Waals surface area contributed by atoms with Crippen LogP contribution < -0.4 is 10.1 Å². The largest absolute Gasteiger partial charge is 0.496 e. The Labute approximate surface area is 122 Å². The lowest BCUT2D eigenvalue weighted by atomic mass is 10.1. The second-order valence-electron chi connectivity index (χ2n) is 5.15. The van der Waals surface area contributed by atoms with E-state index in [1.54, 1.807) is 7.11 Å². The number of ether oxygens (including phenoxy) is 1. The lowest BCUT2D eigenvalue weighted by molar-refractivity contribution is 0.189. The summed E-state index contributed by atoms with van der Waals surface area (Å²) >= 11 is 3.45. The molecule has 5 heteroatoms. The number of likely N-dealkylation sites (N-methyl/N-ethyl adjacent to an activating group) is 1. The predicted molar refractivity (Wildman–Crippen MR) is 79.4 cm³/mol. The maximum absolute atomic E-state index is 9.51. The first kappa shape index (κ1) is 14.8. The second kappa shape index (κ2) is 6.70. The van der Waals surface area contributed by atoms with Crippen LogP contribution in [0.3, 0.4) is 0 Å². The van der Waals surface area contributed by atoms with Gasteiger partial charge in [0.1, 0.15) is 5.75 Å². The number of nitrogens with one attached hydrogen (secondary N) is 1. The molecule has 1 aromatic carbocycles. The van der Waals surface area contributed by atoms with E-state index in [9.17, 15) is 5.11 Å². The summed E-state index contributed by atoms with van der Waals surface area (Å²) in [5.74, 6) is 0.903. The van der Waals surface area contributed by atoms with Gasteiger partial charge >= 0.3 is 0 Å². The number of rotatable bonds is 5. The highest BCUT2D eigenvalue weighted by Crippen LogP contribution is 2.24. The average Bonchev–Trinajstić information content (AvgIpc) is 2.76. The minimum absolute atomic E-state index is 0.194. The Morgan fingerprint density at radius 3 is 2.95 bits per heavy atom. The molecule has 1 saturated heterocycles. The van der Waals surface area contributed by atoms with Crippen LogP contribution in [0.15, 0.2) is 22.7 Å². The third-order valence-corrected chi connectivity index (χ3v) is 3.91. The first-order chi connectivity index (χ1) is 9.08. The molecule has 1 fully saturated rings. The predicted octanol–water partition coefficient (Wildman–Crippen LogP) is 1.61. The van der Waals surface area contributed by atoms with E-state index in [-0.39, 0.29) is 6.10 Å². The quantitative estimate of drug-likeness (QED) is 0.862. The fourth-order valence-corrected chi connectivity index (χ4v) is 2.86. The van der Waals surface area contributed by atoms with Gasteiger partial charge < -0.3 is 20.1 Å². The van der Waals surface area contributed by atoms with Crippen LogP contribution in [0.5, 0.6) is 5.75 Å². The number of halogens is 1. The average molecular weight is 329 g/mol. The van der Waals surface area contributed by atoms with E-state index in [0.29, 0.717) is 12.6 Å². The first-order valence-corrected chi connectivity index (χ1v) is 7.30. The number of methoxy groups -OCH3 is 1. The Kier molecular flexibility index (Phi) is 5.21. The summed E-state index contributed by atoms with van der Waals surface area (Å²) in [4.78, 5) is 2.25. The highest BCUT2D eigenvalue weighted by molar-refractivity contribution is 9.10. The van der Waals surface area contributed by atoms with Gasteiger partial charge in [0.15, 0.2) is 0 Å². The standard InChI is InChI=1S/C14H21BrN2O2/c1-17(9-12-6-13(18)7-16-12)8-10-3-4-11(15)5-14(10)19-2/h3-5,12-13,16,18H,6-9H2,1-2H3/t12-,13+/m0/s1. The molecule has 19 heavy (non-hydrogen) atoms. The Hall–Kier alpha value is -0.620. The van der Waals surface area contributed by atoms with Crippen molar-refractivity contribution in [1.82, 2.24) is 10.2 Å². The van der Waals surface area contributed by atoms with E-state index in [0.717, 1.165) is 29.7 Å². The van der Waals surface area contributed by atoms with Crippen molar-refractivity contribution in [1.29, 1.82) is 0 Å². The third kappa shape index (κ3) is 4.18.